The van der Waals surface area contributed by atoms with Crippen LogP contribution in [0.3, 0.4) is 0 Å². The van der Waals surface area contributed by atoms with Crippen LogP contribution in [0.1, 0.15) is 46.2 Å². The highest BCUT2D eigenvalue weighted by Crippen LogP contribution is 2.48. The molecule has 3 N–H and O–H groups in total. The minimum atomic E-state index is -0.972. The maximum absolute atomic E-state index is 14.1. The number of nitrogens with one attached hydrogen (secondary N) is 1. The first-order valence-corrected chi connectivity index (χ1v) is 10.7. The Balaban J connectivity index is 0.00000306. The predicted molar refractivity (Wildman–Crippen MR) is 122 cm³/mol. The van der Waals surface area contributed by atoms with Gasteiger partial charge in [0, 0.05) is 38.0 Å². The lowest BCUT2D eigenvalue weighted by atomic mass is 9.67. The molecule has 4 rings (SSSR count). The number of pyridine rings is 1. The first kappa shape index (κ1) is 25.0. The summed E-state index contributed by atoms with van der Waals surface area (Å²) in [6.07, 6.45) is 2.37. The minimum absolute atomic E-state index is 0. The van der Waals surface area contributed by atoms with Gasteiger partial charge in [0.2, 0.25) is 5.43 Å². The number of benzene rings is 1. The summed E-state index contributed by atoms with van der Waals surface area (Å²) < 4.78 is 15.6. The number of aromatic nitrogens is 1. The molecule has 2 aliphatic rings. The molecular weight excluding hydrogens is 476 g/mol. The highest BCUT2D eigenvalue weighted by atomic mass is 35.5. The molecule has 1 fully saturated rings. The number of hydrogen-bond donors (Lipinski definition) is 3. The zero-order valence-electron chi connectivity index (χ0n) is 17.8. The number of rotatable bonds is 5. The van der Waals surface area contributed by atoms with E-state index < -0.39 is 34.3 Å². The summed E-state index contributed by atoms with van der Waals surface area (Å²) in [5.41, 5.74) is -1.95. The van der Waals surface area contributed by atoms with Gasteiger partial charge in [-0.15, -0.1) is 12.4 Å². The fourth-order valence-electron chi connectivity index (χ4n) is 4.68. The Morgan fingerprint density at radius 1 is 1.33 bits per heavy atom. The van der Waals surface area contributed by atoms with Crippen LogP contribution in [0.15, 0.2) is 29.2 Å². The SMILES string of the molecule is CCN1C[C@]2(C[C@@H](CO)C2)n2cc(C(=O)NCc3cccc(Cl)c3F)c(=O)c(O)c2C1=O.Cl. The summed E-state index contributed by atoms with van der Waals surface area (Å²) in [7, 11) is 0. The van der Waals surface area contributed by atoms with Gasteiger partial charge < -0.3 is 25.0 Å². The van der Waals surface area contributed by atoms with Gasteiger partial charge in [0.05, 0.1) is 10.6 Å². The lowest BCUT2D eigenvalue weighted by Gasteiger charge is -2.54. The van der Waals surface area contributed by atoms with Gasteiger partial charge in [-0.25, -0.2) is 4.39 Å². The molecule has 1 aliphatic heterocycles. The van der Waals surface area contributed by atoms with E-state index in [-0.39, 0.29) is 53.3 Å². The van der Waals surface area contributed by atoms with Gasteiger partial charge in [-0.2, -0.15) is 0 Å². The molecule has 1 saturated carbocycles. The predicted octanol–water partition coefficient (Wildman–Crippen LogP) is 2.27. The number of carbonyl (C=O) groups is 2. The van der Waals surface area contributed by atoms with Gasteiger partial charge in [0.15, 0.2) is 11.4 Å². The third-order valence-electron chi connectivity index (χ3n) is 6.36. The monoisotopic (exact) mass is 499 g/mol. The maximum Gasteiger partial charge on any atom is 0.274 e. The van der Waals surface area contributed by atoms with Crippen LogP contribution < -0.4 is 10.7 Å². The lowest BCUT2D eigenvalue weighted by molar-refractivity contribution is -0.0142. The van der Waals surface area contributed by atoms with Crippen LogP contribution in [0.4, 0.5) is 4.39 Å². The van der Waals surface area contributed by atoms with E-state index in [4.69, 9.17) is 11.6 Å². The number of likely N-dealkylation sites (N-methyl/N-ethyl adjacent to an activating group) is 1. The second-order valence-electron chi connectivity index (χ2n) is 8.34. The van der Waals surface area contributed by atoms with Crippen molar-refractivity contribution in [2.45, 2.75) is 31.8 Å². The number of carbonyl (C=O) groups excluding carboxylic acids is 2. The van der Waals surface area contributed by atoms with Crippen molar-refractivity contribution in [1.29, 1.82) is 0 Å². The van der Waals surface area contributed by atoms with Crippen molar-refractivity contribution in [1.82, 2.24) is 14.8 Å². The van der Waals surface area contributed by atoms with Crippen molar-refractivity contribution in [3.05, 3.63) is 62.3 Å². The molecule has 2 aromatic rings. The van der Waals surface area contributed by atoms with E-state index >= 15 is 0 Å². The van der Waals surface area contributed by atoms with E-state index in [1.165, 1.54) is 29.0 Å². The van der Waals surface area contributed by atoms with E-state index in [0.29, 0.717) is 25.9 Å². The second-order valence-corrected chi connectivity index (χ2v) is 8.74. The molecule has 1 aromatic heterocycles. The van der Waals surface area contributed by atoms with Gasteiger partial charge in [0.25, 0.3) is 11.8 Å². The van der Waals surface area contributed by atoms with Crippen LogP contribution in [0.2, 0.25) is 5.02 Å². The van der Waals surface area contributed by atoms with E-state index in [1.807, 2.05) is 0 Å². The average molecular weight is 500 g/mol. The molecule has 1 aromatic carbocycles. The Kier molecular flexibility index (Phi) is 7.07. The van der Waals surface area contributed by atoms with Crippen LogP contribution in [-0.2, 0) is 12.1 Å². The van der Waals surface area contributed by atoms with Crippen molar-refractivity contribution in [2.24, 2.45) is 5.92 Å². The quantitative estimate of drug-likeness (QED) is 0.584. The number of aliphatic hydroxyl groups excluding tert-OH is 1. The van der Waals surface area contributed by atoms with Gasteiger partial charge in [-0.3, -0.25) is 14.4 Å². The molecule has 0 radical (unpaired) electrons. The van der Waals surface area contributed by atoms with Gasteiger partial charge >= 0.3 is 0 Å². The number of aromatic hydroxyl groups is 1. The van der Waals surface area contributed by atoms with Crippen LogP contribution in [0, 0.1) is 11.7 Å². The average Bonchev–Trinajstić information content (AvgIpc) is 2.75. The number of amides is 2. The summed E-state index contributed by atoms with van der Waals surface area (Å²) in [5.74, 6) is -2.74. The number of hydrogen-bond acceptors (Lipinski definition) is 5. The van der Waals surface area contributed by atoms with Gasteiger partial charge in [-0.05, 0) is 31.7 Å². The highest BCUT2D eigenvalue weighted by Gasteiger charge is 2.52. The molecule has 0 saturated heterocycles. The van der Waals surface area contributed by atoms with Crippen molar-refractivity contribution in [3.63, 3.8) is 0 Å². The largest absolute Gasteiger partial charge is 0.503 e. The second kappa shape index (κ2) is 9.32. The number of fused-ring (bicyclic) bond motifs is 2. The molecule has 0 unspecified atom stereocenters. The molecule has 33 heavy (non-hydrogen) atoms. The normalized spacial score (nSPS) is 21.3. The van der Waals surface area contributed by atoms with Crippen molar-refractivity contribution in [3.8, 4) is 5.75 Å². The standard InChI is InChI=1S/C22H23ClFN3O5.ClH/c1-2-26-11-22(6-12(7-22)10-28)27-9-14(18(29)19(30)17(27)21(26)32)20(31)25-8-13-4-3-5-15(23)16(13)24;/h3-5,9,12,28,30H,2,6-8,10-11H2,1H3,(H,25,31);1H/t12-,22-;. The fraction of sp³-hybridized carbons (Fsp3) is 0.409. The third kappa shape index (κ3) is 4.09. The number of aliphatic hydroxyl groups is 1. The molecule has 0 atom stereocenters. The molecule has 11 heteroatoms. The first-order valence-electron chi connectivity index (χ1n) is 10.3. The summed E-state index contributed by atoms with van der Waals surface area (Å²) in [5, 5.41) is 22.5. The third-order valence-corrected chi connectivity index (χ3v) is 6.65. The van der Waals surface area contributed by atoms with Gasteiger partial charge in [0.1, 0.15) is 11.4 Å². The topological polar surface area (TPSA) is 112 Å². The first-order chi connectivity index (χ1) is 15.2. The summed E-state index contributed by atoms with van der Waals surface area (Å²) in [6.45, 7) is 2.32. The Bertz CT molecular complexity index is 1160. The lowest BCUT2D eigenvalue weighted by Crippen LogP contribution is -2.61. The van der Waals surface area contributed by atoms with E-state index in [2.05, 4.69) is 5.32 Å². The van der Waals surface area contributed by atoms with E-state index in [1.54, 1.807) is 11.8 Å². The molecule has 2 heterocycles. The molecule has 1 spiro atoms. The Morgan fingerprint density at radius 3 is 2.67 bits per heavy atom. The molecular formula is C22H24Cl2FN3O5. The summed E-state index contributed by atoms with van der Waals surface area (Å²) in [4.78, 5) is 40.0. The number of halogens is 3. The van der Waals surface area contributed by atoms with Crippen LogP contribution >= 0.6 is 24.0 Å². The Labute approximate surface area is 200 Å². The smallest absolute Gasteiger partial charge is 0.274 e. The highest BCUT2D eigenvalue weighted by molar-refractivity contribution is 6.30. The summed E-state index contributed by atoms with van der Waals surface area (Å²) >= 11 is 5.76. The Morgan fingerprint density at radius 2 is 2.03 bits per heavy atom. The number of nitrogens with zero attached hydrogens (tertiary/aromatic N) is 2. The fourth-order valence-corrected chi connectivity index (χ4v) is 4.87. The van der Waals surface area contributed by atoms with E-state index in [9.17, 15) is 29.0 Å². The minimum Gasteiger partial charge on any atom is -0.503 e. The van der Waals surface area contributed by atoms with E-state index in [0.717, 1.165) is 0 Å². The van der Waals surface area contributed by atoms with Crippen molar-refractivity contribution >= 4 is 35.8 Å². The zero-order chi connectivity index (χ0) is 23.2. The zero-order valence-corrected chi connectivity index (χ0v) is 19.4. The summed E-state index contributed by atoms with van der Waals surface area (Å²) in [6, 6.07) is 4.37. The van der Waals surface area contributed by atoms with Crippen LogP contribution in [0.25, 0.3) is 0 Å². The molecule has 178 valence electrons. The van der Waals surface area contributed by atoms with Crippen molar-refractivity contribution < 1.29 is 24.2 Å². The molecule has 0 bridgehead atoms. The maximum atomic E-state index is 14.1. The van der Waals surface area contributed by atoms with Crippen molar-refractivity contribution in [2.75, 3.05) is 19.7 Å². The molecule has 8 nitrogen and oxygen atoms in total. The Hall–Kier alpha value is -2.62. The van der Waals surface area contributed by atoms with Crippen LogP contribution in [-0.4, -0.2) is 51.2 Å². The molecule has 2 amide bonds. The molecule has 1 aliphatic carbocycles. The van der Waals surface area contributed by atoms with Crippen LogP contribution in [0.5, 0.6) is 5.75 Å². The van der Waals surface area contributed by atoms with Gasteiger partial charge in [-0.1, -0.05) is 23.7 Å².